The predicted octanol–water partition coefficient (Wildman–Crippen LogP) is 2.51. The second kappa shape index (κ2) is 8.74. The maximum atomic E-state index is 5.40. The van der Waals surface area contributed by atoms with Crippen LogP contribution >= 0.6 is 11.8 Å². The fourth-order valence-corrected chi connectivity index (χ4v) is 4.51. The molecule has 10 heteroatoms. The molecular weight excluding hydrogens is 412 g/mol. The molecule has 1 saturated heterocycles. The Morgan fingerprint density at radius 2 is 1.94 bits per heavy atom. The Hall–Kier alpha value is -2.82. The van der Waals surface area contributed by atoms with E-state index in [1.54, 1.807) is 0 Å². The third-order valence-electron chi connectivity index (χ3n) is 5.33. The molecule has 3 aromatic heterocycles. The first-order valence-corrected chi connectivity index (χ1v) is 11.1. The maximum Gasteiger partial charge on any atom is 0.224 e. The van der Waals surface area contributed by atoms with Crippen LogP contribution in [0.2, 0.25) is 0 Å². The summed E-state index contributed by atoms with van der Waals surface area (Å²) in [6.45, 7) is 7.23. The van der Waals surface area contributed by atoms with Crippen molar-refractivity contribution in [3.05, 3.63) is 36.0 Å². The van der Waals surface area contributed by atoms with E-state index in [2.05, 4.69) is 36.4 Å². The predicted molar refractivity (Wildman–Crippen MR) is 120 cm³/mol. The molecule has 0 saturated carbocycles. The van der Waals surface area contributed by atoms with Crippen LogP contribution in [0, 0.1) is 6.92 Å². The van der Waals surface area contributed by atoms with Gasteiger partial charge in [0.15, 0.2) is 5.65 Å². The number of fused-ring (bicyclic) bond motifs is 3. The Bertz CT molecular complexity index is 1220. The van der Waals surface area contributed by atoms with Gasteiger partial charge in [-0.15, -0.1) is 10.2 Å². The molecule has 0 radical (unpaired) electrons. The second-order valence-electron chi connectivity index (χ2n) is 7.50. The third-order valence-corrected chi connectivity index (χ3v) is 6.10. The van der Waals surface area contributed by atoms with E-state index in [0.29, 0.717) is 11.1 Å². The molecule has 0 unspecified atom stereocenters. The number of hydrogen-bond acceptors (Lipinski definition) is 9. The number of aromatic nitrogens is 6. The number of nitrogens with zero attached hydrogens (tertiary/aromatic N) is 7. The summed E-state index contributed by atoms with van der Waals surface area (Å²) in [4.78, 5) is 16.3. The van der Waals surface area contributed by atoms with Gasteiger partial charge < -0.3 is 14.6 Å². The highest BCUT2D eigenvalue weighted by molar-refractivity contribution is 7.99. The zero-order valence-electron chi connectivity index (χ0n) is 17.6. The van der Waals surface area contributed by atoms with Gasteiger partial charge in [0.2, 0.25) is 11.1 Å². The van der Waals surface area contributed by atoms with E-state index in [1.807, 2.05) is 42.8 Å². The monoisotopic (exact) mass is 436 g/mol. The highest BCUT2D eigenvalue weighted by Crippen LogP contribution is 2.28. The molecule has 1 aliphatic heterocycles. The first-order valence-electron chi connectivity index (χ1n) is 10.3. The molecule has 0 bridgehead atoms. The summed E-state index contributed by atoms with van der Waals surface area (Å²) in [6.07, 6.45) is 0. The van der Waals surface area contributed by atoms with Crippen molar-refractivity contribution < 1.29 is 4.74 Å². The standard InChI is InChI=1S/C21H24N8OS/c1-14-13-17(24-20(23-14)22-7-8-29-9-11-30-12-10-29)31-21-25-19-18(26-27-21)15-5-3-4-6-16(15)28(19)2/h3-6,13H,7-12H2,1-2H3,(H,22,23,24). The first kappa shape index (κ1) is 20.1. The van der Waals surface area contributed by atoms with Crippen molar-refractivity contribution in [1.29, 1.82) is 0 Å². The van der Waals surface area contributed by atoms with Crippen molar-refractivity contribution in [2.45, 2.75) is 17.1 Å². The Morgan fingerprint density at radius 1 is 1.10 bits per heavy atom. The number of aryl methyl sites for hydroxylation is 2. The Morgan fingerprint density at radius 3 is 2.81 bits per heavy atom. The highest BCUT2D eigenvalue weighted by Gasteiger charge is 2.14. The van der Waals surface area contributed by atoms with E-state index in [9.17, 15) is 0 Å². The van der Waals surface area contributed by atoms with Crippen molar-refractivity contribution in [2.75, 3.05) is 44.7 Å². The Balaban J connectivity index is 1.32. The van der Waals surface area contributed by atoms with Gasteiger partial charge in [0, 0.05) is 44.3 Å². The van der Waals surface area contributed by atoms with E-state index in [0.717, 1.165) is 72.2 Å². The molecule has 4 aromatic rings. The zero-order valence-corrected chi connectivity index (χ0v) is 18.4. The molecular formula is C21H24N8OS. The lowest BCUT2D eigenvalue weighted by atomic mass is 10.2. The summed E-state index contributed by atoms with van der Waals surface area (Å²) in [5, 5.41) is 14.5. The minimum absolute atomic E-state index is 0.566. The van der Waals surface area contributed by atoms with Crippen LogP contribution < -0.4 is 5.32 Å². The number of anilines is 1. The van der Waals surface area contributed by atoms with E-state index in [-0.39, 0.29) is 0 Å². The van der Waals surface area contributed by atoms with Crippen LogP contribution in [0.5, 0.6) is 0 Å². The summed E-state index contributed by atoms with van der Waals surface area (Å²) in [7, 11) is 2.00. The van der Waals surface area contributed by atoms with Gasteiger partial charge in [-0.1, -0.05) is 18.2 Å². The quantitative estimate of drug-likeness (QED) is 0.458. The number of morpholine rings is 1. The highest BCUT2D eigenvalue weighted by atomic mass is 32.2. The normalized spacial score (nSPS) is 15.0. The topological polar surface area (TPSA) is 93.9 Å². The van der Waals surface area contributed by atoms with Crippen LogP contribution in [0.3, 0.4) is 0 Å². The average molecular weight is 437 g/mol. The average Bonchev–Trinajstić information content (AvgIpc) is 3.06. The molecule has 0 spiro atoms. The molecule has 4 heterocycles. The van der Waals surface area contributed by atoms with Gasteiger partial charge in [0.25, 0.3) is 0 Å². The Kier molecular flexibility index (Phi) is 5.66. The van der Waals surface area contributed by atoms with Crippen molar-refractivity contribution in [3.63, 3.8) is 0 Å². The van der Waals surface area contributed by atoms with Gasteiger partial charge in [0.05, 0.1) is 18.7 Å². The largest absolute Gasteiger partial charge is 0.379 e. The Labute approximate surface area is 184 Å². The van der Waals surface area contributed by atoms with Gasteiger partial charge >= 0.3 is 0 Å². The van der Waals surface area contributed by atoms with E-state index in [1.165, 1.54) is 11.8 Å². The van der Waals surface area contributed by atoms with Crippen molar-refractivity contribution in [1.82, 2.24) is 34.6 Å². The molecule has 0 amide bonds. The molecule has 0 aliphatic carbocycles. The number of nitrogens with one attached hydrogen (secondary N) is 1. The molecule has 1 N–H and O–H groups in total. The number of benzene rings is 1. The summed E-state index contributed by atoms with van der Waals surface area (Å²) >= 11 is 1.39. The number of rotatable bonds is 6. The van der Waals surface area contributed by atoms with Gasteiger partial charge in [-0.3, -0.25) is 4.90 Å². The molecule has 5 rings (SSSR count). The van der Waals surface area contributed by atoms with Crippen LogP contribution in [-0.2, 0) is 11.8 Å². The maximum absolute atomic E-state index is 5.40. The van der Waals surface area contributed by atoms with Crippen LogP contribution in [-0.4, -0.2) is 74.0 Å². The van der Waals surface area contributed by atoms with Crippen molar-refractivity contribution >= 4 is 39.8 Å². The molecule has 0 atom stereocenters. The lowest BCUT2D eigenvalue weighted by Gasteiger charge is -2.26. The molecule has 160 valence electrons. The number of hydrogen-bond donors (Lipinski definition) is 1. The van der Waals surface area contributed by atoms with E-state index < -0.39 is 0 Å². The second-order valence-corrected chi connectivity index (χ2v) is 8.48. The molecule has 1 aliphatic rings. The minimum Gasteiger partial charge on any atom is -0.379 e. The lowest BCUT2D eigenvalue weighted by molar-refractivity contribution is 0.0398. The summed E-state index contributed by atoms with van der Waals surface area (Å²) in [6, 6.07) is 10.1. The van der Waals surface area contributed by atoms with Crippen molar-refractivity contribution in [2.24, 2.45) is 7.05 Å². The molecule has 9 nitrogen and oxygen atoms in total. The number of para-hydroxylation sites is 1. The smallest absolute Gasteiger partial charge is 0.224 e. The van der Waals surface area contributed by atoms with Crippen LogP contribution in [0.15, 0.2) is 40.5 Å². The fraction of sp³-hybridized carbons (Fsp3) is 0.381. The molecule has 1 fully saturated rings. The van der Waals surface area contributed by atoms with Crippen molar-refractivity contribution in [3.8, 4) is 0 Å². The fourth-order valence-electron chi connectivity index (χ4n) is 3.75. The van der Waals surface area contributed by atoms with Gasteiger partial charge in [-0.05, 0) is 30.8 Å². The number of ether oxygens (including phenoxy) is 1. The lowest BCUT2D eigenvalue weighted by Crippen LogP contribution is -2.39. The third kappa shape index (κ3) is 4.32. The SMILES string of the molecule is Cc1cc(Sc2nnc3c4ccccc4n(C)c3n2)nc(NCCN2CCOCC2)n1. The zero-order chi connectivity index (χ0) is 21.2. The molecule has 1 aromatic carbocycles. The van der Waals surface area contributed by atoms with Crippen LogP contribution in [0.25, 0.3) is 22.1 Å². The minimum atomic E-state index is 0.566. The summed E-state index contributed by atoms with van der Waals surface area (Å²) in [5.74, 6) is 0.620. The van der Waals surface area contributed by atoms with Crippen LogP contribution in [0.4, 0.5) is 5.95 Å². The van der Waals surface area contributed by atoms with Gasteiger partial charge in [0.1, 0.15) is 10.5 Å². The van der Waals surface area contributed by atoms with E-state index in [4.69, 9.17) is 9.72 Å². The van der Waals surface area contributed by atoms with E-state index >= 15 is 0 Å². The summed E-state index contributed by atoms with van der Waals surface area (Å²) < 4.78 is 7.44. The van der Waals surface area contributed by atoms with Gasteiger partial charge in [-0.25, -0.2) is 15.0 Å². The first-order chi connectivity index (χ1) is 15.2. The van der Waals surface area contributed by atoms with Gasteiger partial charge in [-0.2, -0.15) is 0 Å². The van der Waals surface area contributed by atoms with Crippen LogP contribution in [0.1, 0.15) is 5.69 Å². The molecule has 31 heavy (non-hydrogen) atoms. The summed E-state index contributed by atoms with van der Waals surface area (Å²) in [5.41, 5.74) is 3.61.